The van der Waals surface area contributed by atoms with Gasteiger partial charge in [0, 0.05) is 17.1 Å². The molecule has 0 radical (unpaired) electrons. The second kappa shape index (κ2) is 4.08. The maximum atomic E-state index is 14.8. The molecular weight excluding hydrogens is 215 g/mol. The van der Waals surface area contributed by atoms with E-state index in [-0.39, 0.29) is 0 Å². The van der Waals surface area contributed by atoms with Crippen LogP contribution in [0.1, 0.15) is 18.4 Å². The zero-order valence-corrected chi connectivity index (χ0v) is 9.62. The number of piperidine rings is 1. The molecule has 1 fully saturated rings. The van der Waals surface area contributed by atoms with Crippen molar-refractivity contribution >= 4 is 10.9 Å². The van der Waals surface area contributed by atoms with Gasteiger partial charge in [-0.25, -0.2) is 4.39 Å². The first kappa shape index (κ1) is 10.7. The van der Waals surface area contributed by atoms with Crippen molar-refractivity contribution in [3.63, 3.8) is 0 Å². The molecule has 1 N–H and O–H groups in total. The summed E-state index contributed by atoms with van der Waals surface area (Å²) in [4.78, 5) is 4.34. The highest BCUT2D eigenvalue weighted by Crippen LogP contribution is 2.35. The van der Waals surface area contributed by atoms with Gasteiger partial charge in [-0.3, -0.25) is 4.98 Å². The first-order valence-electron chi connectivity index (χ1n) is 6.03. The molecule has 88 valence electrons. The Balaban J connectivity index is 2.05. The molecule has 0 unspecified atom stereocenters. The van der Waals surface area contributed by atoms with E-state index in [1.807, 2.05) is 30.3 Å². The van der Waals surface area contributed by atoms with Crippen LogP contribution in [0.5, 0.6) is 0 Å². The zero-order valence-electron chi connectivity index (χ0n) is 9.62. The number of hydrogen-bond donors (Lipinski definition) is 1. The maximum absolute atomic E-state index is 14.8. The quantitative estimate of drug-likeness (QED) is 0.814. The number of pyridine rings is 1. The summed E-state index contributed by atoms with van der Waals surface area (Å²) in [6.07, 6.45) is 2.76. The SMILES string of the molecule is FC1(c2cnc3ccccc3c2)CCNCC1. The largest absolute Gasteiger partial charge is 0.316 e. The Morgan fingerprint density at radius 2 is 1.94 bits per heavy atom. The molecule has 1 aliphatic heterocycles. The average Bonchev–Trinajstić information content (AvgIpc) is 2.39. The minimum atomic E-state index is -1.21. The minimum absolute atomic E-state index is 0.535. The molecule has 3 rings (SSSR count). The predicted molar refractivity (Wildman–Crippen MR) is 66.6 cm³/mol. The van der Waals surface area contributed by atoms with E-state index in [4.69, 9.17) is 0 Å². The smallest absolute Gasteiger partial charge is 0.139 e. The lowest BCUT2D eigenvalue weighted by molar-refractivity contribution is 0.115. The van der Waals surface area contributed by atoms with Gasteiger partial charge in [0.05, 0.1) is 5.52 Å². The van der Waals surface area contributed by atoms with Crippen molar-refractivity contribution in [3.05, 3.63) is 42.1 Å². The molecule has 0 amide bonds. The van der Waals surface area contributed by atoms with Crippen molar-refractivity contribution in [3.8, 4) is 0 Å². The molecule has 0 spiro atoms. The van der Waals surface area contributed by atoms with Crippen molar-refractivity contribution in [2.24, 2.45) is 0 Å². The molecule has 1 aromatic heterocycles. The number of fused-ring (bicyclic) bond motifs is 1. The first-order chi connectivity index (χ1) is 8.28. The topological polar surface area (TPSA) is 24.9 Å². The normalized spacial score (nSPS) is 19.4. The van der Waals surface area contributed by atoms with Crippen molar-refractivity contribution < 1.29 is 4.39 Å². The van der Waals surface area contributed by atoms with E-state index in [9.17, 15) is 4.39 Å². The van der Waals surface area contributed by atoms with Crippen LogP contribution >= 0.6 is 0 Å². The summed E-state index contributed by atoms with van der Waals surface area (Å²) in [7, 11) is 0. The van der Waals surface area contributed by atoms with Crippen LogP contribution in [0.15, 0.2) is 36.5 Å². The predicted octanol–water partition coefficient (Wildman–Crippen LogP) is 2.78. The molecule has 0 aliphatic carbocycles. The molecule has 0 saturated carbocycles. The lowest BCUT2D eigenvalue weighted by Gasteiger charge is -2.30. The Hall–Kier alpha value is -1.48. The summed E-state index contributed by atoms with van der Waals surface area (Å²) >= 11 is 0. The second-order valence-corrected chi connectivity index (χ2v) is 4.63. The molecule has 17 heavy (non-hydrogen) atoms. The molecule has 1 aliphatic rings. The van der Waals surface area contributed by atoms with Crippen molar-refractivity contribution in [2.45, 2.75) is 18.5 Å². The van der Waals surface area contributed by atoms with Gasteiger partial charge >= 0.3 is 0 Å². The van der Waals surface area contributed by atoms with Gasteiger partial charge in [0.15, 0.2) is 0 Å². The van der Waals surface area contributed by atoms with E-state index in [0.29, 0.717) is 12.8 Å². The summed E-state index contributed by atoms with van der Waals surface area (Å²) in [5.74, 6) is 0. The monoisotopic (exact) mass is 230 g/mol. The van der Waals surface area contributed by atoms with Crippen molar-refractivity contribution in [1.29, 1.82) is 0 Å². The van der Waals surface area contributed by atoms with E-state index < -0.39 is 5.67 Å². The summed E-state index contributed by atoms with van der Waals surface area (Å²) in [5.41, 5.74) is 0.439. The highest BCUT2D eigenvalue weighted by atomic mass is 19.1. The number of hydrogen-bond acceptors (Lipinski definition) is 2. The average molecular weight is 230 g/mol. The highest BCUT2D eigenvalue weighted by Gasteiger charge is 2.33. The zero-order chi connectivity index (χ0) is 11.7. The molecule has 3 heteroatoms. The van der Waals surface area contributed by atoms with Gasteiger partial charge < -0.3 is 5.32 Å². The Kier molecular flexibility index (Phi) is 2.56. The number of alkyl halides is 1. The fourth-order valence-electron chi connectivity index (χ4n) is 2.43. The summed E-state index contributed by atoms with van der Waals surface area (Å²) in [6, 6.07) is 9.78. The Labute approximate surface area is 99.9 Å². The van der Waals surface area contributed by atoms with Crippen molar-refractivity contribution in [1.82, 2.24) is 10.3 Å². The number of para-hydroxylation sites is 1. The van der Waals surface area contributed by atoms with Gasteiger partial charge in [-0.2, -0.15) is 0 Å². The fraction of sp³-hybridized carbons (Fsp3) is 0.357. The summed E-state index contributed by atoms with van der Waals surface area (Å²) < 4.78 is 14.8. The van der Waals surface area contributed by atoms with E-state index in [0.717, 1.165) is 29.6 Å². The molecule has 2 nitrogen and oxygen atoms in total. The van der Waals surface area contributed by atoms with Crippen LogP contribution < -0.4 is 5.32 Å². The number of nitrogens with zero attached hydrogens (tertiary/aromatic N) is 1. The van der Waals surface area contributed by atoms with Crippen LogP contribution in [0.25, 0.3) is 10.9 Å². The highest BCUT2D eigenvalue weighted by molar-refractivity contribution is 5.78. The molecule has 0 bridgehead atoms. The third kappa shape index (κ3) is 1.91. The summed E-state index contributed by atoms with van der Waals surface area (Å²) in [5, 5.41) is 4.20. The molecule has 2 heterocycles. The Bertz CT molecular complexity index is 532. The van der Waals surface area contributed by atoms with Crippen LogP contribution in [0, 0.1) is 0 Å². The number of aromatic nitrogens is 1. The lowest BCUT2D eigenvalue weighted by Crippen LogP contribution is -2.36. The molecule has 1 aromatic carbocycles. The van der Waals surface area contributed by atoms with Gasteiger partial charge in [-0.1, -0.05) is 18.2 Å². The molecule has 2 aromatic rings. The number of benzene rings is 1. The molecule has 0 atom stereocenters. The number of rotatable bonds is 1. The van der Waals surface area contributed by atoms with Gasteiger partial charge in [0.25, 0.3) is 0 Å². The maximum Gasteiger partial charge on any atom is 0.139 e. The van der Waals surface area contributed by atoms with E-state index in [2.05, 4.69) is 10.3 Å². The summed E-state index contributed by atoms with van der Waals surface area (Å²) in [6.45, 7) is 1.48. The number of nitrogens with one attached hydrogen (secondary N) is 1. The lowest BCUT2D eigenvalue weighted by atomic mass is 9.87. The Morgan fingerprint density at radius 3 is 2.76 bits per heavy atom. The minimum Gasteiger partial charge on any atom is -0.316 e. The van der Waals surface area contributed by atoms with E-state index >= 15 is 0 Å². The van der Waals surface area contributed by atoms with Crippen LogP contribution in [0.3, 0.4) is 0 Å². The molecular formula is C14H15FN2. The third-order valence-corrected chi connectivity index (χ3v) is 3.50. The Morgan fingerprint density at radius 1 is 1.18 bits per heavy atom. The fourth-order valence-corrected chi connectivity index (χ4v) is 2.43. The molecule has 1 saturated heterocycles. The van der Waals surface area contributed by atoms with Gasteiger partial charge in [0.2, 0.25) is 0 Å². The standard InChI is InChI=1S/C14H15FN2/c15-14(5-7-16-8-6-14)12-9-11-3-1-2-4-13(11)17-10-12/h1-4,9-10,16H,5-8H2. The third-order valence-electron chi connectivity index (χ3n) is 3.50. The van der Waals surface area contributed by atoms with Gasteiger partial charge in [-0.15, -0.1) is 0 Å². The van der Waals surface area contributed by atoms with E-state index in [1.165, 1.54) is 0 Å². The van der Waals surface area contributed by atoms with Crippen LogP contribution in [0.4, 0.5) is 4.39 Å². The van der Waals surface area contributed by atoms with Crippen LogP contribution in [-0.4, -0.2) is 18.1 Å². The van der Waals surface area contributed by atoms with Crippen LogP contribution in [-0.2, 0) is 5.67 Å². The number of halogens is 1. The van der Waals surface area contributed by atoms with E-state index in [1.54, 1.807) is 6.20 Å². The van der Waals surface area contributed by atoms with Gasteiger partial charge in [-0.05, 0) is 38.1 Å². The van der Waals surface area contributed by atoms with Crippen LogP contribution in [0.2, 0.25) is 0 Å². The van der Waals surface area contributed by atoms with Gasteiger partial charge in [0.1, 0.15) is 5.67 Å². The first-order valence-corrected chi connectivity index (χ1v) is 6.03. The van der Waals surface area contributed by atoms with Crippen molar-refractivity contribution in [2.75, 3.05) is 13.1 Å². The second-order valence-electron chi connectivity index (χ2n) is 4.63.